The maximum atomic E-state index is 13.0. The third kappa shape index (κ3) is 6.17. The minimum atomic E-state index is -4.63. The van der Waals surface area contributed by atoms with Gasteiger partial charge in [-0.15, -0.1) is 11.3 Å². The van der Waals surface area contributed by atoms with E-state index in [1.807, 2.05) is 0 Å². The van der Waals surface area contributed by atoms with Crippen LogP contribution in [0.15, 0.2) is 40.9 Å². The number of oxazole rings is 1. The average molecular weight is 536 g/mol. The van der Waals surface area contributed by atoms with Crippen LogP contribution in [-0.4, -0.2) is 50.3 Å². The van der Waals surface area contributed by atoms with E-state index in [9.17, 15) is 27.9 Å². The molecule has 13 heteroatoms. The maximum Gasteiger partial charge on any atom is 0.397 e. The highest BCUT2D eigenvalue weighted by Gasteiger charge is 2.33. The Hall–Kier alpha value is -3.71. The number of aromatic nitrogens is 3. The molecule has 0 fully saturated rings. The van der Waals surface area contributed by atoms with Gasteiger partial charge in [0.25, 0.3) is 5.91 Å². The SMILES string of the molecule is Cc1ncc(-c2ccc(C(=O)Nc3nc4cc(N(C)C(=O)CC(F)(F)F)ccc4n3CC(C)(C)O)s2)o1. The van der Waals surface area contributed by atoms with Gasteiger partial charge in [0, 0.05) is 19.7 Å². The van der Waals surface area contributed by atoms with E-state index in [1.54, 1.807) is 49.7 Å². The first kappa shape index (κ1) is 26.4. The second-order valence-electron chi connectivity index (χ2n) is 9.11. The summed E-state index contributed by atoms with van der Waals surface area (Å²) in [5.74, 6) is -0.398. The summed E-state index contributed by atoms with van der Waals surface area (Å²) in [6.07, 6.45) is -4.65. The van der Waals surface area contributed by atoms with Crippen molar-refractivity contribution < 1.29 is 32.3 Å². The fraction of sp³-hybridized carbons (Fsp3) is 0.333. The maximum absolute atomic E-state index is 13.0. The molecule has 0 bridgehead atoms. The van der Waals surface area contributed by atoms with Crippen LogP contribution < -0.4 is 10.2 Å². The molecule has 3 heterocycles. The number of aryl methyl sites for hydroxylation is 1. The molecule has 0 unspecified atom stereocenters. The number of anilines is 2. The highest BCUT2D eigenvalue weighted by atomic mass is 32.1. The average Bonchev–Trinajstić information content (AvgIpc) is 3.50. The number of amides is 2. The zero-order valence-electron chi connectivity index (χ0n) is 20.4. The predicted octanol–water partition coefficient (Wildman–Crippen LogP) is 5.00. The lowest BCUT2D eigenvalue weighted by Crippen LogP contribution is -2.30. The zero-order valence-corrected chi connectivity index (χ0v) is 21.2. The largest absolute Gasteiger partial charge is 0.440 e. The second-order valence-corrected chi connectivity index (χ2v) is 10.2. The van der Waals surface area contributed by atoms with Crippen molar-refractivity contribution in [2.75, 3.05) is 17.3 Å². The molecule has 0 aliphatic heterocycles. The van der Waals surface area contributed by atoms with E-state index in [1.165, 1.54) is 30.5 Å². The molecule has 0 atom stereocenters. The van der Waals surface area contributed by atoms with Gasteiger partial charge in [0.05, 0.1) is 39.1 Å². The van der Waals surface area contributed by atoms with Crippen molar-refractivity contribution in [3.05, 3.63) is 47.3 Å². The lowest BCUT2D eigenvalue weighted by Gasteiger charge is -2.20. The van der Waals surface area contributed by atoms with Crippen LogP contribution in [0.4, 0.5) is 24.8 Å². The molecule has 0 radical (unpaired) electrons. The molecule has 196 valence electrons. The molecule has 1 aromatic carbocycles. The molecule has 3 aromatic heterocycles. The van der Waals surface area contributed by atoms with Crippen molar-refractivity contribution >= 4 is 45.8 Å². The van der Waals surface area contributed by atoms with Crippen molar-refractivity contribution in [2.45, 2.75) is 45.5 Å². The number of alkyl halides is 3. The number of aliphatic hydroxyl groups is 1. The molecule has 0 aliphatic rings. The van der Waals surface area contributed by atoms with Gasteiger partial charge < -0.3 is 19.0 Å². The standard InChI is InChI=1S/C24H24F3N5O4S/c1-13-28-11-17(36-13)18-7-8-19(37-18)21(34)30-22-29-15-9-14(31(4)20(33)10-24(25,26)27)5-6-16(15)32(22)12-23(2,3)35/h5-9,11,35H,10,12H2,1-4H3,(H,29,30,34). The van der Waals surface area contributed by atoms with E-state index >= 15 is 0 Å². The number of halogens is 3. The van der Waals surface area contributed by atoms with Gasteiger partial charge >= 0.3 is 6.18 Å². The van der Waals surface area contributed by atoms with Crippen LogP contribution in [-0.2, 0) is 11.3 Å². The first-order valence-corrected chi connectivity index (χ1v) is 11.9. The molecular weight excluding hydrogens is 511 g/mol. The summed E-state index contributed by atoms with van der Waals surface area (Å²) in [6, 6.07) is 7.88. The minimum Gasteiger partial charge on any atom is -0.440 e. The number of nitrogens with one attached hydrogen (secondary N) is 1. The quantitative estimate of drug-likeness (QED) is 0.344. The number of benzene rings is 1. The predicted molar refractivity (Wildman–Crippen MR) is 133 cm³/mol. The Labute approximate surface area is 213 Å². The summed E-state index contributed by atoms with van der Waals surface area (Å²) in [6.45, 7) is 4.96. The van der Waals surface area contributed by atoms with Crippen molar-refractivity contribution in [2.24, 2.45) is 0 Å². The topological polar surface area (TPSA) is 113 Å². The molecule has 0 spiro atoms. The molecule has 4 rings (SSSR count). The molecule has 37 heavy (non-hydrogen) atoms. The van der Waals surface area contributed by atoms with E-state index in [2.05, 4.69) is 15.3 Å². The van der Waals surface area contributed by atoms with Gasteiger partial charge in [-0.25, -0.2) is 9.97 Å². The normalized spacial score (nSPS) is 12.2. The molecule has 0 saturated heterocycles. The van der Waals surface area contributed by atoms with Crippen molar-refractivity contribution in [3.63, 3.8) is 0 Å². The molecule has 9 nitrogen and oxygen atoms in total. The lowest BCUT2D eigenvalue weighted by molar-refractivity contribution is -0.151. The van der Waals surface area contributed by atoms with Crippen LogP contribution in [0.5, 0.6) is 0 Å². The van der Waals surface area contributed by atoms with E-state index in [-0.39, 0.29) is 18.2 Å². The van der Waals surface area contributed by atoms with Crippen molar-refractivity contribution in [1.29, 1.82) is 0 Å². The number of thiophene rings is 1. The molecule has 2 amide bonds. The van der Waals surface area contributed by atoms with Gasteiger partial charge in [0.15, 0.2) is 11.7 Å². The number of rotatable bonds is 7. The molecule has 2 N–H and O–H groups in total. The van der Waals surface area contributed by atoms with Crippen LogP contribution in [0, 0.1) is 6.92 Å². The Morgan fingerprint density at radius 1 is 1.22 bits per heavy atom. The van der Waals surface area contributed by atoms with Gasteiger partial charge in [0.1, 0.15) is 6.42 Å². The first-order valence-electron chi connectivity index (χ1n) is 11.1. The molecular formula is C24H24F3N5O4S. The second kappa shape index (κ2) is 9.63. The monoisotopic (exact) mass is 535 g/mol. The lowest BCUT2D eigenvalue weighted by atomic mass is 10.1. The highest BCUT2D eigenvalue weighted by Crippen LogP contribution is 2.31. The minimum absolute atomic E-state index is 0.0638. The number of fused-ring (bicyclic) bond motifs is 1. The number of carbonyl (C=O) groups excluding carboxylic acids is 2. The smallest absolute Gasteiger partial charge is 0.397 e. The summed E-state index contributed by atoms with van der Waals surface area (Å²) < 4.78 is 45.1. The van der Waals surface area contributed by atoms with Gasteiger partial charge in [-0.05, 0) is 44.2 Å². The Morgan fingerprint density at radius 3 is 2.57 bits per heavy atom. The molecule has 0 aliphatic carbocycles. The summed E-state index contributed by atoms with van der Waals surface area (Å²) in [4.78, 5) is 35.6. The summed E-state index contributed by atoms with van der Waals surface area (Å²) in [7, 11) is 1.25. The van der Waals surface area contributed by atoms with Crippen LogP contribution in [0.2, 0.25) is 0 Å². The third-order valence-electron chi connectivity index (χ3n) is 5.31. The number of carbonyl (C=O) groups is 2. The highest BCUT2D eigenvalue weighted by molar-refractivity contribution is 7.17. The number of imidazole rings is 1. The Kier molecular flexibility index (Phi) is 6.86. The van der Waals surface area contributed by atoms with E-state index in [0.29, 0.717) is 32.4 Å². The van der Waals surface area contributed by atoms with Crippen molar-refractivity contribution in [3.8, 4) is 10.6 Å². The van der Waals surface area contributed by atoms with E-state index in [4.69, 9.17) is 4.42 Å². The fourth-order valence-electron chi connectivity index (χ4n) is 3.63. The van der Waals surface area contributed by atoms with Crippen LogP contribution in [0.1, 0.15) is 35.8 Å². The van der Waals surface area contributed by atoms with E-state index < -0.39 is 30.0 Å². The van der Waals surface area contributed by atoms with Crippen molar-refractivity contribution in [1.82, 2.24) is 14.5 Å². The number of nitrogens with zero attached hydrogens (tertiary/aromatic N) is 4. The summed E-state index contributed by atoms with van der Waals surface area (Å²) >= 11 is 1.20. The van der Waals surface area contributed by atoms with Crippen LogP contribution in [0.25, 0.3) is 21.7 Å². The van der Waals surface area contributed by atoms with E-state index in [0.717, 1.165) is 4.90 Å². The van der Waals surface area contributed by atoms with Gasteiger partial charge in [-0.2, -0.15) is 13.2 Å². The van der Waals surface area contributed by atoms with Crippen LogP contribution >= 0.6 is 11.3 Å². The number of hydrogen-bond donors (Lipinski definition) is 2. The first-order chi connectivity index (χ1) is 17.2. The fourth-order valence-corrected chi connectivity index (χ4v) is 4.48. The van der Waals surface area contributed by atoms with Gasteiger partial charge in [0.2, 0.25) is 11.9 Å². The Bertz CT molecular complexity index is 1470. The number of hydrogen-bond acceptors (Lipinski definition) is 7. The molecule has 0 saturated carbocycles. The van der Waals surface area contributed by atoms with Gasteiger partial charge in [-0.3, -0.25) is 14.9 Å². The summed E-state index contributed by atoms with van der Waals surface area (Å²) in [5, 5.41) is 13.2. The van der Waals surface area contributed by atoms with Gasteiger partial charge in [-0.1, -0.05) is 0 Å². The van der Waals surface area contributed by atoms with Crippen LogP contribution in [0.3, 0.4) is 0 Å². The zero-order chi connectivity index (χ0) is 27.1. The third-order valence-corrected chi connectivity index (χ3v) is 6.41. The summed E-state index contributed by atoms with van der Waals surface area (Å²) in [5.41, 5.74) is -0.127. The Balaban J connectivity index is 1.65. The Morgan fingerprint density at radius 2 is 1.95 bits per heavy atom. The molecule has 4 aromatic rings.